The van der Waals surface area contributed by atoms with E-state index in [1.54, 1.807) is 0 Å². The summed E-state index contributed by atoms with van der Waals surface area (Å²) in [5.41, 5.74) is 0.756. The van der Waals surface area contributed by atoms with E-state index in [0.717, 1.165) is 6.42 Å². The predicted octanol–water partition coefficient (Wildman–Crippen LogP) is 1.04. The van der Waals surface area contributed by atoms with E-state index < -0.39 is 10.9 Å². The summed E-state index contributed by atoms with van der Waals surface area (Å²) < 4.78 is 0. The van der Waals surface area contributed by atoms with Crippen LogP contribution in [0.3, 0.4) is 0 Å². The molecule has 0 unspecified atom stereocenters. The summed E-state index contributed by atoms with van der Waals surface area (Å²) in [5.74, 6) is -1.15. The molecule has 6 nitrogen and oxygen atoms in total. The number of allylic oxidation sites excluding steroid dienone is 2. The van der Waals surface area contributed by atoms with E-state index in [9.17, 15) is 20.0 Å². The lowest BCUT2D eigenvalue weighted by Crippen LogP contribution is -2.30. The van der Waals surface area contributed by atoms with Gasteiger partial charge in [0.05, 0.1) is 22.1 Å². The average Bonchev–Trinajstić information content (AvgIpc) is 2.85. The molecule has 1 aliphatic heterocycles. The van der Waals surface area contributed by atoms with Crippen LogP contribution in [0.25, 0.3) is 0 Å². The quantitative estimate of drug-likeness (QED) is 0.486. The van der Waals surface area contributed by atoms with Gasteiger partial charge in [0, 0.05) is 24.1 Å². The van der Waals surface area contributed by atoms with Gasteiger partial charge in [-0.15, -0.1) is 0 Å². The lowest BCUT2D eigenvalue weighted by atomic mass is 9.82. The van der Waals surface area contributed by atoms with Crippen molar-refractivity contribution in [1.29, 1.82) is 0 Å². The van der Waals surface area contributed by atoms with Crippen LogP contribution in [-0.4, -0.2) is 17.4 Å². The molecule has 1 aliphatic carbocycles. The molecule has 0 aromatic heterocycles. The fraction of sp³-hybridized carbons (Fsp3) is 0.308. The third-order valence-electron chi connectivity index (χ3n) is 3.80. The SMILES string of the molecule is O=C([O-])c1ccc([N+](=O)[O-])c2c1NC[C@H]1CC=C[C@H]21. The second kappa shape index (κ2) is 4.08. The van der Waals surface area contributed by atoms with Crippen LogP contribution in [-0.2, 0) is 0 Å². The van der Waals surface area contributed by atoms with Gasteiger partial charge in [0.25, 0.3) is 5.69 Å². The number of fused-ring (bicyclic) bond motifs is 3. The summed E-state index contributed by atoms with van der Waals surface area (Å²) in [6, 6.07) is 2.48. The van der Waals surface area contributed by atoms with Gasteiger partial charge < -0.3 is 15.2 Å². The minimum atomic E-state index is -1.32. The first-order chi connectivity index (χ1) is 9.09. The first kappa shape index (κ1) is 11.7. The van der Waals surface area contributed by atoms with Crippen molar-refractivity contribution < 1.29 is 14.8 Å². The Labute approximate surface area is 108 Å². The number of rotatable bonds is 2. The summed E-state index contributed by atoms with van der Waals surface area (Å²) in [4.78, 5) is 21.8. The molecular formula is C13H11N2O4-. The normalized spacial score (nSPS) is 23.4. The van der Waals surface area contributed by atoms with Gasteiger partial charge in [0.15, 0.2) is 0 Å². The van der Waals surface area contributed by atoms with Gasteiger partial charge >= 0.3 is 0 Å². The maximum absolute atomic E-state index is 11.1. The molecule has 0 radical (unpaired) electrons. The Hall–Kier alpha value is -2.37. The molecule has 1 heterocycles. The van der Waals surface area contributed by atoms with E-state index in [1.807, 2.05) is 12.2 Å². The van der Waals surface area contributed by atoms with Gasteiger partial charge in [0.1, 0.15) is 0 Å². The van der Waals surface area contributed by atoms with Crippen LogP contribution in [0.15, 0.2) is 24.3 Å². The highest BCUT2D eigenvalue weighted by molar-refractivity contribution is 5.95. The molecule has 2 atom stereocenters. The van der Waals surface area contributed by atoms with Crippen molar-refractivity contribution in [2.45, 2.75) is 12.3 Å². The number of nitrogens with zero attached hydrogens (tertiary/aromatic N) is 1. The highest BCUT2D eigenvalue weighted by atomic mass is 16.6. The zero-order valence-electron chi connectivity index (χ0n) is 9.96. The van der Waals surface area contributed by atoms with Gasteiger partial charge in [-0.3, -0.25) is 10.1 Å². The number of carbonyl (C=O) groups is 1. The number of carboxylic acids is 1. The number of carboxylic acid groups (broad SMARTS) is 1. The van der Waals surface area contributed by atoms with Gasteiger partial charge in [-0.1, -0.05) is 12.2 Å². The fourth-order valence-electron chi connectivity index (χ4n) is 2.94. The van der Waals surface area contributed by atoms with Gasteiger partial charge in [-0.2, -0.15) is 0 Å². The number of nitro benzene ring substituents is 1. The molecule has 0 bridgehead atoms. The Kier molecular flexibility index (Phi) is 2.51. The molecule has 0 fully saturated rings. The largest absolute Gasteiger partial charge is 0.545 e. The Morgan fingerprint density at radius 3 is 2.89 bits per heavy atom. The molecule has 1 aromatic carbocycles. The summed E-state index contributed by atoms with van der Waals surface area (Å²) in [7, 11) is 0. The molecule has 1 aromatic rings. The van der Waals surface area contributed by atoms with Crippen molar-refractivity contribution in [3.05, 3.63) is 45.5 Å². The van der Waals surface area contributed by atoms with Crippen LogP contribution in [0.2, 0.25) is 0 Å². The topological polar surface area (TPSA) is 95.3 Å². The maximum Gasteiger partial charge on any atom is 0.275 e. The number of benzene rings is 1. The average molecular weight is 259 g/mol. The summed E-state index contributed by atoms with van der Waals surface area (Å²) in [5, 5.41) is 25.3. The lowest BCUT2D eigenvalue weighted by molar-refractivity contribution is -0.385. The summed E-state index contributed by atoms with van der Waals surface area (Å²) in [6.45, 7) is 0.617. The number of nitro groups is 1. The highest BCUT2D eigenvalue weighted by Crippen LogP contribution is 2.46. The van der Waals surface area contributed by atoms with Crippen LogP contribution in [0, 0.1) is 16.0 Å². The second-order valence-electron chi connectivity index (χ2n) is 4.80. The van der Waals surface area contributed by atoms with Crippen molar-refractivity contribution in [3.63, 3.8) is 0 Å². The maximum atomic E-state index is 11.1. The van der Waals surface area contributed by atoms with Crippen molar-refractivity contribution >= 4 is 17.3 Å². The second-order valence-corrected chi connectivity index (χ2v) is 4.80. The fourth-order valence-corrected chi connectivity index (χ4v) is 2.94. The van der Waals surface area contributed by atoms with Crippen LogP contribution in [0.5, 0.6) is 0 Å². The molecule has 0 saturated carbocycles. The molecule has 0 saturated heterocycles. The van der Waals surface area contributed by atoms with Crippen LogP contribution in [0.1, 0.15) is 28.3 Å². The first-order valence-corrected chi connectivity index (χ1v) is 6.02. The number of hydrogen-bond donors (Lipinski definition) is 1. The minimum absolute atomic E-state index is 0.0145. The molecule has 0 spiro atoms. The van der Waals surface area contributed by atoms with E-state index in [2.05, 4.69) is 5.32 Å². The third kappa shape index (κ3) is 1.68. The first-order valence-electron chi connectivity index (χ1n) is 6.02. The predicted molar refractivity (Wildman–Crippen MR) is 65.9 cm³/mol. The summed E-state index contributed by atoms with van der Waals surface area (Å²) >= 11 is 0. The molecule has 2 aliphatic rings. The molecule has 98 valence electrons. The van der Waals surface area contributed by atoms with Crippen LogP contribution >= 0.6 is 0 Å². The van der Waals surface area contributed by atoms with Crippen molar-refractivity contribution in [2.75, 3.05) is 11.9 Å². The van der Waals surface area contributed by atoms with Crippen LogP contribution in [0.4, 0.5) is 11.4 Å². The van der Waals surface area contributed by atoms with Crippen molar-refractivity contribution in [2.24, 2.45) is 5.92 Å². The molecule has 19 heavy (non-hydrogen) atoms. The summed E-state index contributed by atoms with van der Waals surface area (Å²) in [6.07, 6.45) is 4.77. The Balaban J connectivity index is 2.25. The van der Waals surface area contributed by atoms with Crippen molar-refractivity contribution in [3.8, 4) is 0 Å². The van der Waals surface area contributed by atoms with E-state index in [4.69, 9.17) is 0 Å². The monoisotopic (exact) mass is 259 g/mol. The number of aromatic carboxylic acids is 1. The van der Waals surface area contributed by atoms with Crippen LogP contribution < -0.4 is 10.4 Å². The minimum Gasteiger partial charge on any atom is -0.545 e. The van der Waals surface area contributed by atoms with E-state index >= 15 is 0 Å². The number of carbonyl (C=O) groups excluding carboxylic acids is 1. The standard InChI is InChI=1S/C13H12N2O4/c16-13(17)9-4-5-10(15(18)19)11-8-3-1-2-7(8)6-14-12(9)11/h1,3-5,7-8,14H,2,6H2,(H,16,17)/p-1/t7-,8+/m1/s1. The number of nitrogens with one attached hydrogen (secondary N) is 1. The Morgan fingerprint density at radius 1 is 1.42 bits per heavy atom. The molecule has 6 heteroatoms. The Morgan fingerprint density at radius 2 is 2.21 bits per heavy atom. The van der Waals surface area contributed by atoms with Gasteiger partial charge in [-0.25, -0.2) is 0 Å². The van der Waals surface area contributed by atoms with E-state index in [0.29, 0.717) is 17.8 Å². The molecule has 1 N–H and O–H groups in total. The zero-order chi connectivity index (χ0) is 13.6. The third-order valence-corrected chi connectivity index (χ3v) is 3.80. The zero-order valence-corrected chi connectivity index (χ0v) is 9.96. The van der Waals surface area contributed by atoms with Gasteiger partial charge in [0.2, 0.25) is 0 Å². The number of hydrogen-bond acceptors (Lipinski definition) is 5. The van der Waals surface area contributed by atoms with Gasteiger partial charge in [-0.05, 0) is 18.4 Å². The number of anilines is 1. The lowest BCUT2D eigenvalue weighted by Gasteiger charge is -2.30. The smallest absolute Gasteiger partial charge is 0.275 e. The molecular weight excluding hydrogens is 248 g/mol. The highest BCUT2D eigenvalue weighted by Gasteiger charge is 2.36. The van der Waals surface area contributed by atoms with E-state index in [1.165, 1.54) is 12.1 Å². The molecule has 0 amide bonds. The van der Waals surface area contributed by atoms with Crippen molar-refractivity contribution in [1.82, 2.24) is 0 Å². The van der Waals surface area contributed by atoms with E-state index in [-0.39, 0.29) is 23.1 Å². The Bertz CT molecular complexity index is 609. The molecule has 3 rings (SSSR count).